The number of nitrogens with one attached hydrogen (secondary N) is 1. The van der Waals surface area contributed by atoms with Crippen molar-refractivity contribution in [3.63, 3.8) is 0 Å². The minimum atomic E-state index is -0.339. The molecule has 0 aliphatic heterocycles. The highest BCUT2D eigenvalue weighted by atomic mass is 16.2. The minimum absolute atomic E-state index is 0.266. The molecule has 0 bridgehead atoms. The van der Waals surface area contributed by atoms with E-state index >= 15 is 0 Å². The third kappa shape index (κ3) is 3.05. The molecule has 0 amide bonds. The van der Waals surface area contributed by atoms with Crippen LogP contribution in [0.4, 0.5) is 11.5 Å². The van der Waals surface area contributed by atoms with Crippen LogP contribution in [0.15, 0.2) is 9.59 Å². The Hall–Kier alpha value is -1.72. The smallest absolute Gasteiger partial charge is 0.332 e. The lowest BCUT2D eigenvalue weighted by molar-refractivity contribution is 0.575. The van der Waals surface area contributed by atoms with E-state index in [1.165, 1.54) is 24.5 Å². The molecule has 0 radical (unpaired) electrons. The fourth-order valence-corrected chi connectivity index (χ4v) is 2.29. The molecule has 1 aromatic heterocycles. The highest BCUT2D eigenvalue weighted by Gasteiger charge is 2.21. The normalized spacial score (nSPS) is 14.5. The van der Waals surface area contributed by atoms with Crippen molar-refractivity contribution in [3.05, 3.63) is 20.8 Å². The molecule has 0 aromatic carbocycles. The summed E-state index contributed by atoms with van der Waals surface area (Å²) in [5, 5.41) is 3.12. The van der Waals surface area contributed by atoms with E-state index in [0.29, 0.717) is 12.2 Å². The summed E-state index contributed by atoms with van der Waals surface area (Å²) in [6.45, 7) is 3.33. The third-order valence-electron chi connectivity index (χ3n) is 3.87. The summed E-state index contributed by atoms with van der Waals surface area (Å²) in [5.74, 6) is 1.06. The Labute approximate surface area is 118 Å². The van der Waals surface area contributed by atoms with Gasteiger partial charge in [0.25, 0.3) is 5.56 Å². The van der Waals surface area contributed by atoms with Gasteiger partial charge in [-0.1, -0.05) is 26.2 Å². The van der Waals surface area contributed by atoms with Crippen molar-refractivity contribution in [2.75, 3.05) is 17.6 Å². The average Bonchev–Trinajstić information content (AvgIpc) is 3.24. The predicted octanol–water partition coefficient (Wildman–Crippen LogP) is 1.14. The molecule has 112 valence electrons. The number of nitrogen functional groups attached to an aromatic ring is 1. The van der Waals surface area contributed by atoms with E-state index in [9.17, 15) is 9.59 Å². The van der Waals surface area contributed by atoms with Crippen molar-refractivity contribution in [3.8, 4) is 0 Å². The maximum Gasteiger partial charge on any atom is 0.332 e. The highest BCUT2D eigenvalue weighted by Crippen LogP contribution is 2.32. The van der Waals surface area contributed by atoms with E-state index < -0.39 is 0 Å². The van der Waals surface area contributed by atoms with E-state index in [1.807, 2.05) is 0 Å². The van der Waals surface area contributed by atoms with E-state index in [-0.39, 0.29) is 17.1 Å². The van der Waals surface area contributed by atoms with Crippen molar-refractivity contribution in [1.82, 2.24) is 9.13 Å². The summed E-state index contributed by atoms with van der Waals surface area (Å²) in [5.41, 5.74) is 5.70. The van der Waals surface area contributed by atoms with E-state index in [0.717, 1.165) is 36.3 Å². The number of anilines is 2. The van der Waals surface area contributed by atoms with Crippen LogP contribution in [0.2, 0.25) is 0 Å². The molecule has 0 spiro atoms. The fraction of sp³-hybridized carbons (Fsp3) is 0.714. The van der Waals surface area contributed by atoms with Gasteiger partial charge in [-0.05, 0) is 18.8 Å². The summed E-state index contributed by atoms with van der Waals surface area (Å²) in [6, 6.07) is 0. The number of nitrogens with zero attached hydrogens (tertiary/aromatic N) is 2. The lowest BCUT2D eigenvalue weighted by atomic mass is 10.3. The van der Waals surface area contributed by atoms with Gasteiger partial charge < -0.3 is 11.1 Å². The molecule has 1 saturated carbocycles. The van der Waals surface area contributed by atoms with E-state index in [4.69, 9.17) is 5.73 Å². The van der Waals surface area contributed by atoms with Gasteiger partial charge in [0.2, 0.25) is 0 Å². The van der Waals surface area contributed by atoms with Gasteiger partial charge in [0.1, 0.15) is 11.5 Å². The summed E-state index contributed by atoms with van der Waals surface area (Å²) in [7, 11) is 1.50. The number of nitrogens with two attached hydrogens (primary N) is 1. The Kier molecular flexibility index (Phi) is 4.52. The Morgan fingerprint density at radius 1 is 1.35 bits per heavy atom. The molecule has 0 saturated heterocycles. The van der Waals surface area contributed by atoms with Gasteiger partial charge in [-0.25, -0.2) is 4.79 Å². The molecule has 0 unspecified atom stereocenters. The molecule has 1 aliphatic carbocycles. The standard InChI is InChI=1S/C14H24N4O2/c1-3-4-9-18-12(15)11(13(19)17(2)14(18)20)16-8-7-10-5-6-10/h10,16H,3-9,15H2,1-2H3. The lowest BCUT2D eigenvalue weighted by Crippen LogP contribution is -2.41. The SMILES string of the molecule is CCCCn1c(N)c(NCCC2CC2)c(=O)n(C)c1=O. The molecule has 1 heterocycles. The number of rotatable bonds is 7. The van der Waals surface area contributed by atoms with Crippen LogP contribution >= 0.6 is 0 Å². The first-order chi connectivity index (χ1) is 9.56. The van der Waals surface area contributed by atoms with Crippen LogP contribution in [0.25, 0.3) is 0 Å². The summed E-state index contributed by atoms with van der Waals surface area (Å²) in [4.78, 5) is 24.2. The van der Waals surface area contributed by atoms with E-state index in [2.05, 4.69) is 12.2 Å². The predicted molar refractivity (Wildman–Crippen MR) is 81.1 cm³/mol. The molecule has 2 rings (SSSR count). The topological polar surface area (TPSA) is 82.0 Å². The fourth-order valence-electron chi connectivity index (χ4n) is 2.29. The zero-order chi connectivity index (χ0) is 14.7. The van der Waals surface area contributed by atoms with Crippen LogP contribution in [0.5, 0.6) is 0 Å². The van der Waals surface area contributed by atoms with Gasteiger partial charge in [-0.3, -0.25) is 13.9 Å². The largest absolute Gasteiger partial charge is 0.383 e. The van der Waals surface area contributed by atoms with Crippen LogP contribution < -0.4 is 22.3 Å². The van der Waals surface area contributed by atoms with Gasteiger partial charge in [-0.15, -0.1) is 0 Å². The van der Waals surface area contributed by atoms with Crippen LogP contribution in [-0.2, 0) is 13.6 Å². The number of unbranched alkanes of at least 4 members (excludes halogenated alkanes) is 1. The number of hydrogen-bond acceptors (Lipinski definition) is 4. The monoisotopic (exact) mass is 280 g/mol. The maximum absolute atomic E-state index is 12.1. The molecule has 1 aliphatic rings. The number of aromatic nitrogens is 2. The second-order valence-corrected chi connectivity index (χ2v) is 5.57. The molecule has 3 N–H and O–H groups in total. The van der Waals surface area contributed by atoms with Crippen molar-refractivity contribution in [1.29, 1.82) is 0 Å². The van der Waals surface area contributed by atoms with Gasteiger partial charge in [0.05, 0.1) is 0 Å². The van der Waals surface area contributed by atoms with Crippen molar-refractivity contribution < 1.29 is 0 Å². The quantitative estimate of drug-likeness (QED) is 0.784. The summed E-state index contributed by atoms with van der Waals surface area (Å²) >= 11 is 0. The van der Waals surface area contributed by atoms with Gasteiger partial charge in [0.15, 0.2) is 0 Å². The highest BCUT2D eigenvalue weighted by molar-refractivity contribution is 5.60. The van der Waals surface area contributed by atoms with Gasteiger partial charge >= 0.3 is 5.69 Å². The van der Waals surface area contributed by atoms with Crippen molar-refractivity contribution >= 4 is 11.5 Å². The zero-order valence-electron chi connectivity index (χ0n) is 12.3. The van der Waals surface area contributed by atoms with Crippen LogP contribution in [0, 0.1) is 5.92 Å². The Morgan fingerprint density at radius 2 is 2.05 bits per heavy atom. The molecule has 0 atom stereocenters. The summed E-state index contributed by atoms with van der Waals surface area (Å²) < 4.78 is 2.62. The minimum Gasteiger partial charge on any atom is -0.383 e. The number of hydrogen-bond donors (Lipinski definition) is 2. The Bertz CT molecular complexity index is 584. The second kappa shape index (κ2) is 6.15. The molecule has 20 heavy (non-hydrogen) atoms. The second-order valence-electron chi connectivity index (χ2n) is 5.57. The lowest BCUT2D eigenvalue weighted by Gasteiger charge is -2.15. The molecule has 1 fully saturated rings. The Morgan fingerprint density at radius 3 is 2.65 bits per heavy atom. The molecular formula is C14H24N4O2. The molecule has 6 nitrogen and oxygen atoms in total. The Balaban J connectivity index is 2.25. The molecular weight excluding hydrogens is 256 g/mol. The van der Waals surface area contributed by atoms with Crippen LogP contribution in [0.1, 0.15) is 39.0 Å². The van der Waals surface area contributed by atoms with Gasteiger partial charge in [-0.2, -0.15) is 0 Å². The van der Waals surface area contributed by atoms with Crippen LogP contribution in [0.3, 0.4) is 0 Å². The van der Waals surface area contributed by atoms with Gasteiger partial charge in [0, 0.05) is 20.1 Å². The van der Waals surface area contributed by atoms with Crippen molar-refractivity contribution in [2.45, 2.75) is 45.6 Å². The summed E-state index contributed by atoms with van der Waals surface area (Å²) in [6.07, 6.45) is 5.45. The first-order valence-corrected chi connectivity index (χ1v) is 7.39. The first-order valence-electron chi connectivity index (χ1n) is 7.39. The third-order valence-corrected chi connectivity index (χ3v) is 3.87. The maximum atomic E-state index is 12.1. The molecule has 1 aromatic rings. The first kappa shape index (κ1) is 14.7. The van der Waals surface area contributed by atoms with E-state index in [1.54, 1.807) is 0 Å². The average molecular weight is 280 g/mol. The van der Waals surface area contributed by atoms with Crippen LogP contribution in [-0.4, -0.2) is 15.7 Å². The molecule has 6 heteroatoms. The van der Waals surface area contributed by atoms with Crippen molar-refractivity contribution in [2.24, 2.45) is 13.0 Å². The zero-order valence-corrected chi connectivity index (χ0v) is 12.3.